The predicted molar refractivity (Wildman–Crippen MR) is 209 cm³/mol. The van der Waals surface area contributed by atoms with E-state index in [4.69, 9.17) is 0 Å². The number of alkyl halides is 6. The Morgan fingerprint density at radius 2 is 0.811 bits per heavy atom. The highest BCUT2D eigenvalue weighted by Crippen LogP contribution is 2.77. The third-order valence-corrected chi connectivity index (χ3v) is 14.9. The Morgan fingerprint density at radius 1 is 0.491 bits per heavy atom. The first-order chi connectivity index (χ1) is 24.6. The van der Waals surface area contributed by atoms with E-state index in [-0.39, 0.29) is 11.1 Å². The van der Waals surface area contributed by atoms with Crippen LogP contribution in [-0.2, 0) is 13.1 Å². The van der Waals surface area contributed by atoms with Gasteiger partial charge in [-0.2, -0.15) is 26.3 Å². The maximum absolute atomic E-state index is 16.1. The fraction of sp³-hybridized carbons (Fsp3) is 0.512. The van der Waals surface area contributed by atoms with Gasteiger partial charge in [-0.1, -0.05) is 48.5 Å². The summed E-state index contributed by atoms with van der Waals surface area (Å²) in [6.45, 7) is 11.7. The number of likely N-dealkylation sites (N-methyl/N-ethyl adjacent to an activating group) is 4. The van der Waals surface area contributed by atoms with Crippen LogP contribution in [0.2, 0.25) is 0 Å². The first kappa shape index (κ1) is 40.2. The summed E-state index contributed by atoms with van der Waals surface area (Å²) in [5, 5.41) is 0. The Kier molecular flexibility index (Phi) is 10.6. The van der Waals surface area contributed by atoms with Crippen molar-refractivity contribution in [3.63, 3.8) is 0 Å². The summed E-state index contributed by atoms with van der Waals surface area (Å²) in [5.41, 5.74) is 1.64. The van der Waals surface area contributed by atoms with Gasteiger partial charge in [0.15, 0.2) is 0 Å². The lowest BCUT2D eigenvalue weighted by Gasteiger charge is -2.48. The maximum Gasteiger partial charge on any atom is 0.380 e. The van der Waals surface area contributed by atoms with E-state index in [0.717, 1.165) is 48.4 Å². The van der Waals surface area contributed by atoms with Gasteiger partial charge in [-0.15, -0.1) is 23.5 Å². The van der Waals surface area contributed by atoms with Gasteiger partial charge >= 0.3 is 17.8 Å². The predicted octanol–water partition coefficient (Wildman–Crippen LogP) is 9.37. The van der Waals surface area contributed by atoms with Gasteiger partial charge in [0.05, 0.1) is 9.49 Å². The van der Waals surface area contributed by atoms with E-state index >= 15 is 26.3 Å². The zero-order valence-corrected chi connectivity index (χ0v) is 33.9. The van der Waals surface area contributed by atoms with Gasteiger partial charge in [0.2, 0.25) is 0 Å². The highest BCUT2D eigenvalue weighted by Gasteiger charge is 2.84. The number of thioether (sulfide) groups is 2. The largest absolute Gasteiger partial charge is 0.380 e. The molecule has 4 nitrogen and oxygen atoms in total. The summed E-state index contributed by atoms with van der Waals surface area (Å²) >= 11 is 2.64. The van der Waals surface area contributed by atoms with Gasteiger partial charge in [0.1, 0.15) is 0 Å². The van der Waals surface area contributed by atoms with Crippen LogP contribution in [0.1, 0.15) is 49.9 Å². The molecule has 288 valence electrons. The Hall–Kier alpha value is -2.48. The SMILES string of the molecule is CC1=C(c2ccc(CN(C)CCN(C)C)cc2)SC2(C)C1=C1C(=C3C(C)=C(c4ccc(CN(C)CCN(C)C)cc4)SC32C)C(F)(F)C(F)(F)C1(F)F. The molecule has 0 saturated heterocycles. The van der Waals surface area contributed by atoms with Gasteiger partial charge in [0, 0.05) is 60.2 Å². The molecule has 0 amide bonds. The highest BCUT2D eigenvalue weighted by molar-refractivity contribution is 8.14. The fourth-order valence-electron chi connectivity index (χ4n) is 8.12. The molecule has 2 heterocycles. The second-order valence-corrected chi connectivity index (χ2v) is 18.7. The summed E-state index contributed by atoms with van der Waals surface area (Å²) in [6, 6.07) is 15.6. The summed E-state index contributed by atoms with van der Waals surface area (Å²) in [5.74, 6) is -15.8. The summed E-state index contributed by atoms with van der Waals surface area (Å²) in [6.07, 6.45) is 0. The number of hydrogen-bond acceptors (Lipinski definition) is 6. The van der Waals surface area contributed by atoms with Gasteiger partial charge in [0.25, 0.3) is 0 Å². The van der Waals surface area contributed by atoms with Gasteiger partial charge < -0.3 is 19.6 Å². The minimum Gasteiger partial charge on any atom is -0.308 e. The molecule has 0 bridgehead atoms. The first-order valence-corrected chi connectivity index (χ1v) is 19.5. The number of fused-ring (bicyclic) bond motifs is 4. The van der Waals surface area contributed by atoms with Crippen molar-refractivity contribution in [2.24, 2.45) is 0 Å². The second-order valence-electron chi connectivity index (χ2n) is 15.9. The molecule has 2 atom stereocenters. The summed E-state index contributed by atoms with van der Waals surface area (Å²) < 4.78 is 93.1. The molecule has 6 rings (SSSR count). The van der Waals surface area contributed by atoms with Crippen LogP contribution in [0.3, 0.4) is 0 Å². The average Bonchev–Trinajstić information content (AvgIpc) is 3.55. The lowest BCUT2D eigenvalue weighted by Crippen LogP contribution is -2.49. The zero-order valence-electron chi connectivity index (χ0n) is 32.2. The number of allylic oxidation sites excluding steroid dienone is 4. The number of benzene rings is 2. The first-order valence-electron chi connectivity index (χ1n) is 17.9. The van der Waals surface area contributed by atoms with E-state index in [9.17, 15) is 0 Å². The molecule has 2 aromatic rings. The molecule has 0 spiro atoms. The van der Waals surface area contributed by atoms with E-state index in [2.05, 4.69) is 19.6 Å². The molecule has 1 fully saturated rings. The Balaban J connectivity index is 1.42. The molecule has 2 unspecified atom stereocenters. The van der Waals surface area contributed by atoms with Crippen molar-refractivity contribution in [3.8, 4) is 0 Å². The van der Waals surface area contributed by atoms with E-state index in [0.29, 0.717) is 34.0 Å². The molecule has 2 aliphatic carbocycles. The molecule has 1 saturated carbocycles. The average molecular weight is 777 g/mol. The maximum atomic E-state index is 16.1. The van der Waals surface area contributed by atoms with E-state index < -0.39 is 38.4 Å². The number of rotatable bonds is 12. The van der Waals surface area contributed by atoms with Crippen LogP contribution < -0.4 is 0 Å². The zero-order chi connectivity index (χ0) is 39.1. The third kappa shape index (κ3) is 6.37. The molecule has 4 aliphatic rings. The number of nitrogens with zero attached hydrogens (tertiary/aromatic N) is 4. The molecule has 2 aliphatic heterocycles. The lowest BCUT2D eigenvalue weighted by atomic mass is 9.68. The van der Waals surface area contributed by atoms with Crippen molar-refractivity contribution < 1.29 is 26.3 Å². The Labute approximate surface area is 319 Å². The Morgan fingerprint density at radius 3 is 1.11 bits per heavy atom. The van der Waals surface area contributed by atoms with E-state index in [1.165, 1.54) is 23.5 Å². The topological polar surface area (TPSA) is 13.0 Å². The van der Waals surface area contributed by atoms with Gasteiger partial charge in [-0.3, -0.25) is 0 Å². The standard InChI is InChI=1S/C41H50F6N4S2/c1-25-31-33-34(40(44,45)41(46,47)39(33,42)43)32-26(2)36(30-17-13-28(14-18-30)24-51(10)22-20-49(7)8)53-38(32,4)37(31,3)52-35(25)29-15-11-27(12-16-29)23-50(9)21-19-48(5)6/h11-18H,19-24H2,1-10H3. The van der Waals surface area contributed by atoms with Crippen LogP contribution in [-0.4, -0.2) is 115 Å². The van der Waals surface area contributed by atoms with Crippen molar-refractivity contribution in [1.29, 1.82) is 0 Å². The van der Waals surface area contributed by atoms with Crippen LogP contribution >= 0.6 is 23.5 Å². The molecule has 12 heteroatoms. The molecule has 0 aromatic heterocycles. The molecular formula is C41H50F6N4S2. The van der Waals surface area contributed by atoms with E-state index in [1.807, 2.05) is 90.8 Å². The molecule has 2 aromatic carbocycles. The van der Waals surface area contributed by atoms with Crippen molar-refractivity contribution in [2.45, 2.75) is 68.0 Å². The van der Waals surface area contributed by atoms with Crippen LogP contribution in [0, 0.1) is 0 Å². The van der Waals surface area contributed by atoms with Crippen molar-refractivity contribution in [2.75, 3.05) is 68.5 Å². The number of hydrogen-bond donors (Lipinski definition) is 0. The summed E-state index contributed by atoms with van der Waals surface area (Å²) in [4.78, 5) is 9.89. The minimum absolute atomic E-state index is 0.106. The van der Waals surface area contributed by atoms with Crippen LogP contribution in [0.5, 0.6) is 0 Å². The van der Waals surface area contributed by atoms with E-state index in [1.54, 1.807) is 27.7 Å². The highest BCUT2D eigenvalue weighted by atomic mass is 32.2. The normalized spacial score (nSPS) is 25.9. The fourth-order valence-corrected chi connectivity index (χ4v) is 11.5. The van der Waals surface area contributed by atoms with Crippen LogP contribution in [0.4, 0.5) is 26.3 Å². The molecular weight excluding hydrogens is 727 g/mol. The third-order valence-electron chi connectivity index (χ3n) is 11.3. The van der Waals surface area contributed by atoms with Crippen molar-refractivity contribution in [1.82, 2.24) is 19.6 Å². The van der Waals surface area contributed by atoms with Crippen molar-refractivity contribution >= 4 is 33.3 Å². The van der Waals surface area contributed by atoms with Gasteiger partial charge in [-0.25, -0.2) is 0 Å². The number of halogens is 6. The smallest absolute Gasteiger partial charge is 0.308 e. The van der Waals surface area contributed by atoms with Crippen LogP contribution in [0.25, 0.3) is 9.81 Å². The summed E-state index contributed by atoms with van der Waals surface area (Å²) in [7, 11) is 12.2. The lowest BCUT2D eigenvalue weighted by molar-refractivity contribution is -0.258. The van der Waals surface area contributed by atoms with Gasteiger partial charge in [-0.05, 0) is 115 Å². The Bertz CT molecular complexity index is 1760. The minimum atomic E-state index is -5.60. The molecule has 0 radical (unpaired) electrons. The quantitative estimate of drug-likeness (QED) is 0.198. The van der Waals surface area contributed by atoms with Crippen LogP contribution in [0.15, 0.2) is 82.0 Å². The molecule has 53 heavy (non-hydrogen) atoms. The monoisotopic (exact) mass is 776 g/mol. The second kappa shape index (κ2) is 13.9. The molecule has 0 N–H and O–H groups in total. The van der Waals surface area contributed by atoms with Crippen molar-refractivity contribution in [3.05, 3.63) is 104 Å².